The number of oxazole rings is 1. The molecule has 2 N–H and O–H groups in total. The second-order valence-corrected chi connectivity index (χ2v) is 3.57. The van der Waals surface area contributed by atoms with E-state index in [-0.39, 0.29) is 6.04 Å². The van der Waals surface area contributed by atoms with Gasteiger partial charge in [0.05, 0.1) is 18.4 Å². The molecule has 0 bridgehead atoms. The zero-order chi connectivity index (χ0) is 11.5. The highest BCUT2D eigenvalue weighted by Crippen LogP contribution is 2.29. The number of nitrogens with two attached hydrogens (primary N) is 1. The molecule has 2 rings (SSSR count). The van der Waals surface area contributed by atoms with E-state index in [4.69, 9.17) is 14.9 Å². The average Bonchev–Trinajstić information content (AvgIpc) is 2.78. The van der Waals surface area contributed by atoms with Crippen LogP contribution in [0.5, 0.6) is 5.75 Å². The highest BCUT2D eigenvalue weighted by molar-refractivity contribution is 5.62. The van der Waals surface area contributed by atoms with Crippen LogP contribution in [0.3, 0.4) is 0 Å². The van der Waals surface area contributed by atoms with Crippen LogP contribution in [-0.2, 0) is 0 Å². The van der Waals surface area contributed by atoms with Gasteiger partial charge >= 0.3 is 0 Å². The van der Waals surface area contributed by atoms with E-state index < -0.39 is 0 Å². The van der Waals surface area contributed by atoms with Crippen LogP contribution >= 0.6 is 0 Å². The molecule has 0 aliphatic carbocycles. The molecule has 4 heteroatoms. The second-order valence-electron chi connectivity index (χ2n) is 3.57. The Bertz CT molecular complexity index is 477. The van der Waals surface area contributed by atoms with E-state index in [0.717, 1.165) is 17.0 Å². The summed E-state index contributed by atoms with van der Waals surface area (Å²) in [6, 6.07) is 7.44. The molecule has 0 amide bonds. The lowest BCUT2D eigenvalue weighted by atomic mass is 10.2. The molecular formula is C12H14N2O2. The van der Waals surface area contributed by atoms with Crippen LogP contribution in [0.1, 0.15) is 18.7 Å². The maximum Gasteiger partial charge on any atom is 0.229 e. The van der Waals surface area contributed by atoms with E-state index in [0.29, 0.717) is 5.89 Å². The van der Waals surface area contributed by atoms with Crippen molar-refractivity contribution in [2.75, 3.05) is 7.11 Å². The number of hydrogen-bond donors (Lipinski definition) is 1. The summed E-state index contributed by atoms with van der Waals surface area (Å²) in [7, 11) is 1.62. The summed E-state index contributed by atoms with van der Waals surface area (Å²) >= 11 is 0. The van der Waals surface area contributed by atoms with Gasteiger partial charge in [-0.15, -0.1) is 0 Å². The first-order chi connectivity index (χ1) is 7.72. The Balaban J connectivity index is 2.42. The molecule has 1 aromatic heterocycles. The zero-order valence-corrected chi connectivity index (χ0v) is 9.31. The third kappa shape index (κ3) is 1.92. The lowest BCUT2D eigenvalue weighted by Gasteiger charge is -2.03. The summed E-state index contributed by atoms with van der Waals surface area (Å²) in [5, 5.41) is 0. The van der Waals surface area contributed by atoms with Gasteiger partial charge in [0, 0.05) is 6.04 Å². The molecule has 0 saturated carbocycles. The predicted octanol–water partition coefficient (Wildman–Crippen LogP) is 2.37. The van der Waals surface area contributed by atoms with Gasteiger partial charge in [-0.3, -0.25) is 0 Å². The van der Waals surface area contributed by atoms with Crippen LogP contribution in [-0.4, -0.2) is 12.1 Å². The average molecular weight is 218 g/mol. The Kier molecular flexibility index (Phi) is 2.92. The van der Waals surface area contributed by atoms with Crippen molar-refractivity contribution < 1.29 is 9.15 Å². The van der Waals surface area contributed by atoms with E-state index in [1.165, 1.54) is 0 Å². The van der Waals surface area contributed by atoms with E-state index in [9.17, 15) is 0 Å². The Morgan fingerprint density at radius 2 is 2.12 bits per heavy atom. The van der Waals surface area contributed by atoms with Crippen molar-refractivity contribution in [3.63, 3.8) is 0 Å². The fourth-order valence-corrected chi connectivity index (χ4v) is 1.44. The van der Waals surface area contributed by atoms with E-state index in [2.05, 4.69) is 4.98 Å². The van der Waals surface area contributed by atoms with Gasteiger partial charge in [0.1, 0.15) is 12.0 Å². The fraction of sp³-hybridized carbons (Fsp3) is 0.250. The van der Waals surface area contributed by atoms with Crippen LogP contribution < -0.4 is 10.5 Å². The van der Waals surface area contributed by atoms with Gasteiger partial charge in [0.25, 0.3) is 0 Å². The predicted molar refractivity (Wildman–Crippen MR) is 61.1 cm³/mol. The molecule has 1 atom stereocenters. The molecule has 0 radical (unpaired) electrons. The van der Waals surface area contributed by atoms with Crippen molar-refractivity contribution in [2.24, 2.45) is 5.73 Å². The smallest absolute Gasteiger partial charge is 0.229 e. The molecule has 0 saturated heterocycles. The van der Waals surface area contributed by atoms with Gasteiger partial charge in [0.15, 0.2) is 0 Å². The monoisotopic (exact) mass is 218 g/mol. The van der Waals surface area contributed by atoms with Crippen molar-refractivity contribution in [3.8, 4) is 17.2 Å². The van der Waals surface area contributed by atoms with Crippen molar-refractivity contribution in [1.29, 1.82) is 0 Å². The number of ether oxygens (including phenoxy) is 1. The normalized spacial score (nSPS) is 12.4. The Labute approximate surface area is 94.1 Å². The maximum absolute atomic E-state index is 5.72. The number of rotatable bonds is 3. The minimum Gasteiger partial charge on any atom is -0.496 e. The SMILES string of the molecule is COc1ccccc1-c1nc(C(C)N)co1. The van der Waals surface area contributed by atoms with Crippen LogP contribution in [0, 0.1) is 0 Å². The summed E-state index contributed by atoms with van der Waals surface area (Å²) in [6.07, 6.45) is 1.58. The summed E-state index contributed by atoms with van der Waals surface area (Å²) in [5.41, 5.74) is 7.29. The molecule has 0 spiro atoms. The van der Waals surface area contributed by atoms with Crippen LogP contribution in [0.15, 0.2) is 34.9 Å². The third-order valence-corrected chi connectivity index (χ3v) is 2.33. The lowest BCUT2D eigenvalue weighted by Crippen LogP contribution is -2.04. The molecule has 4 nitrogen and oxygen atoms in total. The fourth-order valence-electron chi connectivity index (χ4n) is 1.44. The highest BCUT2D eigenvalue weighted by atomic mass is 16.5. The topological polar surface area (TPSA) is 61.3 Å². The minimum absolute atomic E-state index is 0.132. The van der Waals surface area contributed by atoms with E-state index in [1.807, 2.05) is 31.2 Å². The molecule has 1 aromatic carbocycles. The van der Waals surface area contributed by atoms with Crippen molar-refractivity contribution in [1.82, 2.24) is 4.98 Å². The Morgan fingerprint density at radius 1 is 1.38 bits per heavy atom. The van der Waals surface area contributed by atoms with Gasteiger partial charge < -0.3 is 14.9 Å². The van der Waals surface area contributed by atoms with Gasteiger partial charge in [-0.05, 0) is 19.1 Å². The molecular weight excluding hydrogens is 204 g/mol. The largest absolute Gasteiger partial charge is 0.496 e. The van der Waals surface area contributed by atoms with Crippen molar-refractivity contribution in [2.45, 2.75) is 13.0 Å². The van der Waals surface area contributed by atoms with Gasteiger partial charge in [0.2, 0.25) is 5.89 Å². The first-order valence-electron chi connectivity index (χ1n) is 5.06. The number of para-hydroxylation sites is 1. The summed E-state index contributed by atoms with van der Waals surface area (Å²) in [4.78, 5) is 4.32. The Morgan fingerprint density at radius 3 is 2.75 bits per heavy atom. The number of aromatic nitrogens is 1. The molecule has 2 aromatic rings. The number of nitrogens with zero attached hydrogens (tertiary/aromatic N) is 1. The third-order valence-electron chi connectivity index (χ3n) is 2.33. The number of benzene rings is 1. The van der Waals surface area contributed by atoms with Crippen molar-refractivity contribution >= 4 is 0 Å². The molecule has 84 valence electrons. The van der Waals surface area contributed by atoms with Gasteiger partial charge in [-0.1, -0.05) is 12.1 Å². The number of hydrogen-bond acceptors (Lipinski definition) is 4. The second kappa shape index (κ2) is 4.37. The van der Waals surface area contributed by atoms with Crippen LogP contribution in [0.4, 0.5) is 0 Å². The first-order valence-corrected chi connectivity index (χ1v) is 5.06. The van der Waals surface area contributed by atoms with E-state index >= 15 is 0 Å². The van der Waals surface area contributed by atoms with Gasteiger partial charge in [-0.25, -0.2) is 4.98 Å². The molecule has 1 heterocycles. The summed E-state index contributed by atoms with van der Waals surface area (Å²) < 4.78 is 10.6. The quantitative estimate of drug-likeness (QED) is 0.859. The highest BCUT2D eigenvalue weighted by Gasteiger charge is 2.12. The first kappa shape index (κ1) is 10.7. The molecule has 16 heavy (non-hydrogen) atoms. The van der Waals surface area contributed by atoms with Crippen LogP contribution in [0.25, 0.3) is 11.5 Å². The van der Waals surface area contributed by atoms with Gasteiger partial charge in [-0.2, -0.15) is 0 Å². The number of methoxy groups -OCH3 is 1. The lowest BCUT2D eigenvalue weighted by molar-refractivity contribution is 0.414. The maximum atomic E-state index is 5.72. The Hall–Kier alpha value is -1.81. The summed E-state index contributed by atoms with van der Waals surface area (Å²) in [6.45, 7) is 1.86. The summed E-state index contributed by atoms with van der Waals surface area (Å²) in [5.74, 6) is 1.27. The zero-order valence-electron chi connectivity index (χ0n) is 9.31. The molecule has 0 aliphatic rings. The standard InChI is InChI=1S/C12H14N2O2/c1-8(13)10-7-16-12(14-10)9-5-3-4-6-11(9)15-2/h3-8H,13H2,1-2H3. The van der Waals surface area contributed by atoms with Crippen molar-refractivity contribution in [3.05, 3.63) is 36.2 Å². The molecule has 0 aliphatic heterocycles. The van der Waals surface area contributed by atoms with E-state index in [1.54, 1.807) is 13.4 Å². The minimum atomic E-state index is -0.132. The molecule has 0 fully saturated rings. The molecule has 1 unspecified atom stereocenters. The van der Waals surface area contributed by atoms with Crippen LogP contribution in [0.2, 0.25) is 0 Å².